The van der Waals surface area contributed by atoms with Crippen molar-refractivity contribution in [3.63, 3.8) is 0 Å². The Balaban J connectivity index is 1.32. The number of nitrogens with one attached hydrogen (secondary N) is 1. The average Bonchev–Trinajstić information content (AvgIpc) is 3.20. The molecule has 5 aromatic rings. The molecule has 15 heteroatoms. The van der Waals surface area contributed by atoms with E-state index in [0.717, 1.165) is 11.1 Å². The second-order valence-corrected chi connectivity index (χ2v) is 14.8. The van der Waals surface area contributed by atoms with E-state index in [-0.39, 0.29) is 44.0 Å². The normalized spacial score (nSPS) is 12.7. The molecular weight excluding hydrogens is 743 g/mol. The van der Waals surface area contributed by atoms with E-state index in [2.05, 4.69) is 10.3 Å². The van der Waals surface area contributed by atoms with Crippen LogP contribution in [0, 0.1) is 6.92 Å². The van der Waals surface area contributed by atoms with Crippen LogP contribution in [-0.2, 0) is 32.1 Å². The van der Waals surface area contributed by atoms with E-state index >= 15 is 0 Å². The molecule has 0 atom stereocenters. The summed E-state index contributed by atoms with van der Waals surface area (Å²) in [5.74, 6) is 0.886. The highest BCUT2D eigenvalue weighted by molar-refractivity contribution is 5.97. The first-order valence-corrected chi connectivity index (χ1v) is 19.1. The summed E-state index contributed by atoms with van der Waals surface area (Å²) < 4.78 is 29.3. The van der Waals surface area contributed by atoms with E-state index in [9.17, 15) is 14.4 Å². The van der Waals surface area contributed by atoms with Gasteiger partial charge in [0.15, 0.2) is 6.29 Å². The van der Waals surface area contributed by atoms with Gasteiger partial charge in [0.05, 0.1) is 18.0 Å². The minimum atomic E-state index is -0.692. The van der Waals surface area contributed by atoms with Crippen LogP contribution in [0.3, 0.4) is 0 Å². The molecule has 3 heterocycles. The van der Waals surface area contributed by atoms with E-state index < -0.39 is 17.8 Å². The number of hydrogen-bond acceptors (Lipinski definition) is 12. The van der Waals surface area contributed by atoms with Crippen LogP contribution in [0.25, 0.3) is 11.0 Å². The molecule has 1 N–H and O–H groups in total. The number of pyridine rings is 1. The highest BCUT2D eigenvalue weighted by Crippen LogP contribution is 2.40. The van der Waals surface area contributed by atoms with Crippen LogP contribution in [0.4, 0.5) is 38.3 Å². The molecule has 3 aromatic carbocycles. The fourth-order valence-corrected chi connectivity index (χ4v) is 6.56. The number of aryl methyl sites for hydroxylation is 1. The number of nitrogens with zero attached hydrogens (tertiary/aromatic N) is 6. The summed E-state index contributed by atoms with van der Waals surface area (Å²) in [5.41, 5.74) is 3.46. The number of likely N-dealkylation sites (N-methyl/N-ethyl adjacent to an activating group) is 1. The zero-order chi connectivity index (χ0) is 41.4. The maximum Gasteiger partial charge on any atom is 0.414 e. The molecule has 58 heavy (non-hydrogen) atoms. The number of hydrogen-bond donors (Lipinski definition) is 1. The first kappa shape index (κ1) is 41.4. The Bertz CT molecular complexity index is 2270. The van der Waals surface area contributed by atoms with Gasteiger partial charge in [-0.15, -0.1) is 0 Å². The van der Waals surface area contributed by atoms with Crippen LogP contribution in [0.5, 0.6) is 5.75 Å². The lowest BCUT2D eigenvalue weighted by molar-refractivity contribution is -0.110. The number of amides is 2. The van der Waals surface area contributed by atoms with E-state index in [0.29, 0.717) is 59.1 Å². The van der Waals surface area contributed by atoms with Crippen LogP contribution < -0.4 is 25.4 Å². The summed E-state index contributed by atoms with van der Waals surface area (Å²) in [6.45, 7) is 8.68. The summed E-state index contributed by atoms with van der Waals surface area (Å²) in [6.07, 6.45) is 0.845. The molecule has 0 aliphatic carbocycles. The van der Waals surface area contributed by atoms with Crippen molar-refractivity contribution in [1.29, 1.82) is 0 Å². The highest BCUT2D eigenvalue weighted by Gasteiger charge is 2.32. The third-order valence-electron chi connectivity index (χ3n) is 9.45. The minimum Gasteiger partial charge on any atom is -0.493 e. The maximum atomic E-state index is 14.7. The number of rotatable bonds is 14. The van der Waals surface area contributed by atoms with Crippen molar-refractivity contribution in [1.82, 2.24) is 19.4 Å². The van der Waals surface area contributed by atoms with Gasteiger partial charge in [-0.05, 0) is 63.1 Å². The molecule has 306 valence electrons. The number of methoxy groups -OCH3 is 2. The van der Waals surface area contributed by atoms with Gasteiger partial charge >= 0.3 is 12.2 Å². The summed E-state index contributed by atoms with van der Waals surface area (Å²) in [4.78, 5) is 55.6. The van der Waals surface area contributed by atoms with Gasteiger partial charge < -0.3 is 38.8 Å². The second kappa shape index (κ2) is 18.4. The monoisotopic (exact) mass is 793 g/mol. The standard InChI is InChI=1S/C43H51N7O8/c1-29-13-11-18-34-37(29)49(42(53)57-28-30-14-9-8-10-15-30)23-22-48(34)35-25-31-27-44-40(45-32-16-12-17-33(26-32)56-24-19-36(54-6)55-7)46-38(31)50(39(35)51)21-20-47(5)41(52)58-43(2,3)4/h8-18,25-27,36H,19-24,28H2,1-7H3,(H,44,45,46). The topological polar surface area (TPSA) is 150 Å². The van der Waals surface area contributed by atoms with Crippen LogP contribution in [0.1, 0.15) is 38.3 Å². The predicted molar refractivity (Wildman–Crippen MR) is 222 cm³/mol. The Morgan fingerprint density at radius 3 is 2.45 bits per heavy atom. The van der Waals surface area contributed by atoms with Gasteiger partial charge in [0.2, 0.25) is 5.95 Å². The number of carbonyl (C=O) groups excluding carboxylic acids is 2. The van der Waals surface area contributed by atoms with Crippen LogP contribution in [0.2, 0.25) is 0 Å². The lowest BCUT2D eigenvalue weighted by Gasteiger charge is -2.38. The minimum absolute atomic E-state index is 0.106. The van der Waals surface area contributed by atoms with Gasteiger partial charge in [0.1, 0.15) is 29.3 Å². The third-order valence-corrected chi connectivity index (χ3v) is 9.45. The summed E-state index contributed by atoms with van der Waals surface area (Å²) in [5, 5.41) is 3.83. The number of anilines is 5. The largest absolute Gasteiger partial charge is 0.493 e. The number of para-hydroxylation sites is 1. The summed E-state index contributed by atoms with van der Waals surface area (Å²) in [7, 11) is 4.79. The Hall–Kier alpha value is -6.19. The highest BCUT2D eigenvalue weighted by atomic mass is 16.7. The molecule has 0 radical (unpaired) electrons. The van der Waals surface area contributed by atoms with Crippen LogP contribution in [0.15, 0.2) is 89.9 Å². The maximum absolute atomic E-state index is 14.7. The zero-order valence-electron chi connectivity index (χ0n) is 34.1. The quantitative estimate of drug-likeness (QED) is 0.112. The summed E-state index contributed by atoms with van der Waals surface area (Å²) >= 11 is 0. The molecule has 1 aliphatic rings. The van der Waals surface area contributed by atoms with Gasteiger partial charge in [-0.25, -0.2) is 14.6 Å². The fraction of sp³-hybridized carbons (Fsp3) is 0.372. The summed E-state index contributed by atoms with van der Waals surface area (Å²) in [6, 6.07) is 24.4. The number of benzene rings is 3. The molecule has 15 nitrogen and oxygen atoms in total. The molecule has 0 bridgehead atoms. The van der Waals surface area contributed by atoms with Gasteiger partial charge in [-0.2, -0.15) is 4.98 Å². The molecular formula is C43H51N7O8. The Morgan fingerprint density at radius 1 is 0.948 bits per heavy atom. The molecule has 0 saturated heterocycles. The SMILES string of the molecule is COC(CCOc1cccc(Nc2ncc3cc(N4CCN(C(=O)OCc5ccccc5)c5c(C)cccc54)c(=O)n(CCN(C)C(=O)OC(C)(C)C)c3n2)c1)OC. The third kappa shape index (κ3) is 10.0. The molecule has 6 rings (SSSR count). The van der Waals surface area contributed by atoms with Crippen molar-refractivity contribution in [3.05, 3.63) is 107 Å². The molecule has 2 amide bonds. The number of carbonyl (C=O) groups is 2. The van der Waals surface area contributed by atoms with Crippen LogP contribution >= 0.6 is 0 Å². The van der Waals surface area contributed by atoms with E-state index in [1.807, 2.05) is 84.6 Å². The van der Waals surface area contributed by atoms with E-state index in [4.69, 9.17) is 28.7 Å². The lowest BCUT2D eigenvalue weighted by Crippen LogP contribution is -2.45. The van der Waals surface area contributed by atoms with Crippen molar-refractivity contribution in [2.24, 2.45) is 0 Å². The van der Waals surface area contributed by atoms with Gasteiger partial charge in [0.25, 0.3) is 5.56 Å². The van der Waals surface area contributed by atoms with E-state index in [1.54, 1.807) is 63.8 Å². The van der Waals surface area contributed by atoms with Crippen molar-refractivity contribution in [2.75, 3.05) is 62.6 Å². The zero-order valence-corrected chi connectivity index (χ0v) is 34.1. The van der Waals surface area contributed by atoms with Gasteiger partial charge in [-0.1, -0.05) is 48.5 Å². The lowest BCUT2D eigenvalue weighted by atomic mass is 10.1. The van der Waals surface area contributed by atoms with Gasteiger partial charge in [-0.3, -0.25) is 14.3 Å². The molecule has 0 spiro atoms. The molecule has 2 aromatic heterocycles. The Morgan fingerprint density at radius 2 is 1.71 bits per heavy atom. The van der Waals surface area contributed by atoms with Crippen molar-refractivity contribution >= 4 is 51.9 Å². The number of fused-ring (bicyclic) bond motifs is 2. The first-order valence-electron chi connectivity index (χ1n) is 19.1. The molecule has 1 aliphatic heterocycles. The van der Waals surface area contributed by atoms with Crippen molar-refractivity contribution < 1.29 is 33.3 Å². The average molecular weight is 794 g/mol. The molecule has 0 saturated carbocycles. The smallest absolute Gasteiger partial charge is 0.414 e. The predicted octanol–water partition coefficient (Wildman–Crippen LogP) is 7.39. The van der Waals surface area contributed by atoms with Crippen molar-refractivity contribution in [3.8, 4) is 5.75 Å². The van der Waals surface area contributed by atoms with Crippen molar-refractivity contribution in [2.45, 2.75) is 59.2 Å². The Labute approximate surface area is 338 Å². The number of ether oxygens (including phenoxy) is 5. The molecule has 0 unspecified atom stereocenters. The number of aromatic nitrogens is 3. The van der Waals surface area contributed by atoms with E-state index in [1.165, 1.54) is 4.90 Å². The van der Waals surface area contributed by atoms with Crippen LogP contribution in [-0.4, -0.2) is 91.0 Å². The fourth-order valence-electron chi connectivity index (χ4n) is 6.56. The Kier molecular flexibility index (Phi) is 13.1. The van der Waals surface area contributed by atoms with Gasteiger partial charge in [0, 0.05) is 77.2 Å². The second-order valence-electron chi connectivity index (χ2n) is 14.8. The first-order chi connectivity index (χ1) is 27.8. The molecule has 0 fully saturated rings.